The number of nitrogens with two attached hydrogens (primary N) is 1. The number of ketones is 1. The molecule has 3 aliphatic carbocycles. The lowest BCUT2D eigenvalue weighted by atomic mass is 9.73. The summed E-state index contributed by atoms with van der Waals surface area (Å²) in [6.45, 7) is 14.6. The monoisotopic (exact) mass is 514 g/mol. The molecule has 0 radical (unpaired) electrons. The van der Waals surface area contributed by atoms with Gasteiger partial charge in [0, 0.05) is 18.5 Å². The molecule has 2 unspecified atom stereocenters. The number of likely N-dealkylation sites (tertiary alicyclic amines) is 1. The third-order valence-corrected chi connectivity index (χ3v) is 10.7. The molecule has 4 atom stereocenters. The highest BCUT2D eigenvalue weighted by Gasteiger charge is 2.85. The molecule has 206 valence electrons. The van der Waals surface area contributed by atoms with Crippen molar-refractivity contribution in [2.75, 3.05) is 13.1 Å². The van der Waals surface area contributed by atoms with Gasteiger partial charge < -0.3 is 21.3 Å². The number of nitrogens with zero attached hydrogens (tertiary/aromatic N) is 1. The Morgan fingerprint density at radius 2 is 1.76 bits per heavy atom. The Hall–Kier alpha value is -2.22. The number of rotatable bonds is 9. The van der Waals surface area contributed by atoms with Crippen molar-refractivity contribution in [1.29, 1.82) is 0 Å². The van der Waals surface area contributed by atoms with E-state index >= 15 is 0 Å². The van der Waals surface area contributed by atoms with Crippen LogP contribution in [0.1, 0.15) is 86.0 Å². The molecule has 8 heteroatoms. The third-order valence-electron chi connectivity index (χ3n) is 10.7. The number of hydrogen-bond acceptors (Lipinski definition) is 5. The Balaban J connectivity index is 1.58. The Morgan fingerprint density at radius 3 is 2.22 bits per heavy atom. The number of fused-ring (bicyclic) bond motifs is 1. The van der Waals surface area contributed by atoms with Gasteiger partial charge in [-0.3, -0.25) is 19.2 Å². The van der Waals surface area contributed by atoms with E-state index in [4.69, 9.17) is 5.73 Å². The molecule has 3 saturated carbocycles. The summed E-state index contributed by atoms with van der Waals surface area (Å²) in [7, 11) is 0. The van der Waals surface area contributed by atoms with E-state index in [-0.39, 0.29) is 34.6 Å². The van der Waals surface area contributed by atoms with Crippen molar-refractivity contribution in [2.45, 2.75) is 104 Å². The molecule has 0 aromatic heterocycles. The minimum Gasteiger partial charge on any atom is -0.346 e. The van der Waals surface area contributed by atoms with Crippen LogP contribution < -0.4 is 16.4 Å². The van der Waals surface area contributed by atoms with Crippen molar-refractivity contribution in [1.82, 2.24) is 15.5 Å². The fraction of sp³-hybridized carbons (Fsp3) is 0.793. The molecule has 0 bridgehead atoms. The molecule has 1 aliphatic heterocycles. The van der Waals surface area contributed by atoms with Crippen LogP contribution in [0.2, 0.25) is 0 Å². The van der Waals surface area contributed by atoms with Gasteiger partial charge >= 0.3 is 0 Å². The van der Waals surface area contributed by atoms with Gasteiger partial charge in [0.05, 0.1) is 12.1 Å². The molecule has 8 nitrogen and oxygen atoms in total. The highest BCUT2D eigenvalue weighted by atomic mass is 16.2. The summed E-state index contributed by atoms with van der Waals surface area (Å²) in [5, 5.41) is 5.47. The van der Waals surface area contributed by atoms with E-state index in [2.05, 4.69) is 31.1 Å². The normalized spacial score (nSPS) is 29.1. The van der Waals surface area contributed by atoms with E-state index in [1.807, 2.05) is 20.8 Å². The average Bonchev–Trinajstić information content (AvgIpc) is 3.02. The van der Waals surface area contributed by atoms with Crippen LogP contribution >= 0.6 is 0 Å². The summed E-state index contributed by atoms with van der Waals surface area (Å²) in [4.78, 5) is 54.8. The maximum Gasteiger partial charge on any atom is 0.289 e. The Labute approximate surface area is 221 Å². The van der Waals surface area contributed by atoms with Crippen molar-refractivity contribution in [3.05, 3.63) is 12.7 Å². The minimum absolute atomic E-state index is 0.0311. The fourth-order valence-electron chi connectivity index (χ4n) is 7.58. The molecule has 4 aliphatic rings. The van der Waals surface area contributed by atoms with E-state index in [0.717, 1.165) is 32.1 Å². The fourth-order valence-corrected chi connectivity index (χ4v) is 7.58. The van der Waals surface area contributed by atoms with E-state index in [1.54, 1.807) is 4.90 Å². The van der Waals surface area contributed by atoms with Gasteiger partial charge in [-0.2, -0.15) is 0 Å². The van der Waals surface area contributed by atoms with Crippen LogP contribution in [0.3, 0.4) is 0 Å². The lowest BCUT2D eigenvalue weighted by molar-refractivity contribution is -0.143. The highest BCUT2D eigenvalue weighted by molar-refractivity contribution is 6.38. The van der Waals surface area contributed by atoms with Gasteiger partial charge in [0.15, 0.2) is 0 Å². The standard InChI is InChI=1S/C29H46N4O4/c1-7-14-31-24(36)21(34)19(15-18-10-8-11-18)32-23(35)20-16-29(27(5,6)28(29)12-9-13-28)17-33(20)25(37)22(30)26(2,3)4/h7,18-20,22H,1,8-17,30H2,2-6H3,(H,31,36)(H,32,35)/t19?,20-,22-,29?/m0/s1. The number of hydrogen-bond donors (Lipinski definition) is 3. The van der Waals surface area contributed by atoms with Gasteiger partial charge in [-0.15, -0.1) is 6.58 Å². The molecule has 37 heavy (non-hydrogen) atoms. The lowest BCUT2D eigenvalue weighted by Gasteiger charge is -2.34. The summed E-state index contributed by atoms with van der Waals surface area (Å²) < 4.78 is 0. The first-order valence-electron chi connectivity index (χ1n) is 14.0. The van der Waals surface area contributed by atoms with E-state index in [9.17, 15) is 19.2 Å². The number of nitrogens with one attached hydrogen (secondary N) is 2. The Kier molecular flexibility index (Phi) is 7.15. The summed E-state index contributed by atoms with van der Waals surface area (Å²) in [6.07, 6.45) is 9.01. The largest absolute Gasteiger partial charge is 0.346 e. The number of amides is 3. The molecule has 0 aromatic carbocycles. The molecule has 4 fully saturated rings. The van der Waals surface area contributed by atoms with E-state index < -0.39 is 35.2 Å². The van der Waals surface area contributed by atoms with Gasteiger partial charge in [-0.25, -0.2) is 0 Å². The summed E-state index contributed by atoms with van der Waals surface area (Å²) in [5.74, 6) is -1.61. The van der Waals surface area contributed by atoms with Gasteiger partial charge in [0.25, 0.3) is 5.91 Å². The lowest BCUT2D eigenvalue weighted by Crippen LogP contribution is -2.57. The van der Waals surface area contributed by atoms with Crippen molar-refractivity contribution in [3.8, 4) is 0 Å². The topological polar surface area (TPSA) is 122 Å². The first kappa shape index (κ1) is 27.8. The molecular weight excluding hydrogens is 468 g/mol. The van der Waals surface area contributed by atoms with Crippen LogP contribution in [0.15, 0.2) is 12.7 Å². The zero-order valence-electron chi connectivity index (χ0n) is 23.3. The van der Waals surface area contributed by atoms with E-state index in [0.29, 0.717) is 25.3 Å². The molecule has 2 spiro atoms. The second kappa shape index (κ2) is 9.51. The van der Waals surface area contributed by atoms with E-state index in [1.165, 1.54) is 12.5 Å². The van der Waals surface area contributed by atoms with Crippen LogP contribution in [0, 0.1) is 27.6 Å². The van der Waals surface area contributed by atoms with Crippen molar-refractivity contribution in [2.24, 2.45) is 33.3 Å². The highest BCUT2D eigenvalue weighted by Crippen LogP contribution is 2.88. The van der Waals surface area contributed by atoms with Gasteiger partial charge in [0.1, 0.15) is 6.04 Å². The first-order chi connectivity index (χ1) is 17.2. The van der Waals surface area contributed by atoms with Crippen LogP contribution in [-0.2, 0) is 19.2 Å². The summed E-state index contributed by atoms with van der Waals surface area (Å²) in [6, 6.07) is -2.35. The summed E-state index contributed by atoms with van der Waals surface area (Å²) >= 11 is 0. The molecule has 3 amide bonds. The molecule has 1 saturated heterocycles. The first-order valence-corrected chi connectivity index (χ1v) is 14.0. The maximum atomic E-state index is 13.9. The minimum atomic E-state index is -0.905. The smallest absolute Gasteiger partial charge is 0.289 e. The zero-order chi connectivity index (χ0) is 27.4. The van der Waals surface area contributed by atoms with Crippen LogP contribution in [0.4, 0.5) is 0 Å². The van der Waals surface area contributed by atoms with Gasteiger partial charge in [0.2, 0.25) is 17.6 Å². The number of Topliss-reactive ketones (excluding diaryl/α,β-unsaturated/α-hetero) is 1. The summed E-state index contributed by atoms with van der Waals surface area (Å²) in [5.41, 5.74) is 6.03. The van der Waals surface area contributed by atoms with Gasteiger partial charge in [-0.05, 0) is 47.8 Å². The quantitative estimate of drug-likeness (QED) is 0.323. The van der Waals surface area contributed by atoms with Crippen molar-refractivity contribution in [3.63, 3.8) is 0 Å². The van der Waals surface area contributed by atoms with Crippen LogP contribution in [0.5, 0.6) is 0 Å². The molecule has 1 heterocycles. The van der Waals surface area contributed by atoms with Crippen molar-refractivity contribution < 1.29 is 19.2 Å². The number of carbonyl (C=O) groups is 4. The van der Waals surface area contributed by atoms with Crippen LogP contribution in [0.25, 0.3) is 0 Å². The zero-order valence-corrected chi connectivity index (χ0v) is 23.3. The third kappa shape index (κ3) is 4.33. The molecule has 4 N–H and O–H groups in total. The molecule has 4 rings (SSSR count). The predicted octanol–water partition coefficient (Wildman–Crippen LogP) is 2.70. The second-order valence-corrected chi connectivity index (χ2v) is 13.6. The Bertz CT molecular complexity index is 975. The predicted molar refractivity (Wildman–Crippen MR) is 142 cm³/mol. The van der Waals surface area contributed by atoms with Gasteiger partial charge in [-0.1, -0.05) is 66.4 Å². The number of carbonyl (C=O) groups excluding carboxylic acids is 4. The average molecular weight is 515 g/mol. The molecular formula is C29H46N4O4. The SMILES string of the molecule is C=CCNC(=O)C(=O)C(CC1CCC1)NC(=O)[C@@H]1CC2(CN1C(=O)[C@H](N)C(C)(C)C)C(C)(C)C21CCC1. The van der Waals surface area contributed by atoms with Crippen LogP contribution in [-0.4, -0.2) is 59.6 Å². The molecule has 0 aromatic rings. The van der Waals surface area contributed by atoms with Crippen molar-refractivity contribution >= 4 is 23.5 Å². The maximum absolute atomic E-state index is 13.9. The second-order valence-electron chi connectivity index (χ2n) is 13.6. The Morgan fingerprint density at radius 1 is 1.11 bits per heavy atom.